The van der Waals surface area contributed by atoms with Gasteiger partial charge in [-0.15, -0.1) is 0 Å². The van der Waals surface area contributed by atoms with Crippen LogP contribution in [0.15, 0.2) is 24.3 Å². The molecule has 4 aliphatic carbocycles. The summed E-state index contributed by atoms with van der Waals surface area (Å²) in [6, 6.07) is 6.55. The number of rotatable bonds is 7. The zero-order valence-electron chi connectivity index (χ0n) is 24.2. The molecule has 0 aromatic heterocycles. The molecule has 0 amide bonds. The highest BCUT2D eigenvalue weighted by molar-refractivity contribution is 5.89. The van der Waals surface area contributed by atoms with E-state index in [0.717, 1.165) is 36.0 Å². The molecule has 5 rings (SSSR count). The summed E-state index contributed by atoms with van der Waals surface area (Å²) >= 11 is 0. The molecule has 0 saturated heterocycles. The second-order valence-electron chi connectivity index (χ2n) is 14.4. The zero-order valence-corrected chi connectivity index (χ0v) is 24.2. The van der Waals surface area contributed by atoms with Gasteiger partial charge in [0.25, 0.3) is 0 Å². The highest BCUT2D eigenvalue weighted by atomic mass is 16.5. The SMILES string of the molecule is CC(C)CCC[C@@H](C)[C@H]1CC[C@H]2[C@@H]3CCC4CCCC(OC(=O)c5ccc(O)cc5)[C@]4(C)[C@H]3CC[C@]12C. The summed E-state index contributed by atoms with van der Waals surface area (Å²) in [5.41, 5.74) is 1.14. The van der Waals surface area contributed by atoms with Crippen LogP contribution in [-0.2, 0) is 4.74 Å². The van der Waals surface area contributed by atoms with Gasteiger partial charge in [-0.25, -0.2) is 4.79 Å². The molecule has 4 fully saturated rings. The topological polar surface area (TPSA) is 46.5 Å². The minimum atomic E-state index is -0.217. The maximum absolute atomic E-state index is 13.2. The van der Waals surface area contributed by atoms with Gasteiger partial charge in [-0.05, 0) is 129 Å². The van der Waals surface area contributed by atoms with Gasteiger partial charge in [0.05, 0.1) is 5.56 Å². The summed E-state index contributed by atoms with van der Waals surface area (Å²) in [5, 5.41) is 9.65. The molecule has 1 N–H and O–H groups in total. The fraction of sp³-hybridized carbons (Fsp3) is 0.794. The second kappa shape index (κ2) is 10.6. The van der Waals surface area contributed by atoms with Crippen molar-refractivity contribution in [3.63, 3.8) is 0 Å². The Labute approximate surface area is 226 Å². The number of phenolic OH excluding ortho intramolecular Hbond substituents is 1. The van der Waals surface area contributed by atoms with E-state index in [9.17, 15) is 9.90 Å². The van der Waals surface area contributed by atoms with E-state index in [-0.39, 0.29) is 23.2 Å². The molecular formula is C34H52O3. The lowest BCUT2D eigenvalue weighted by atomic mass is 9.44. The van der Waals surface area contributed by atoms with Gasteiger partial charge in [-0.3, -0.25) is 0 Å². The summed E-state index contributed by atoms with van der Waals surface area (Å²) in [5.74, 6) is 5.50. The van der Waals surface area contributed by atoms with Crippen LogP contribution in [0.5, 0.6) is 5.75 Å². The predicted molar refractivity (Wildman–Crippen MR) is 150 cm³/mol. The van der Waals surface area contributed by atoms with Crippen LogP contribution in [0.1, 0.15) is 122 Å². The Morgan fingerprint density at radius 1 is 0.946 bits per heavy atom. The first-order chi connectivity index (χ1) is 17.6. The standard InChI is InChI=1S/C34H52O3/c1-22(2)8-6-9-23(3)28-18-19-29-27-17-14-25-10-7-11-31(34(25,5)30(27)20-21-33(28,29)4)37-32(36)24-12-15-26(35)16-13-24/h12-13,15-16,22-23,25,27-31,35H,6-11,14,17-21H2,1-5H3/t23-,25?,27+,28-,29+,30+,31?,33-,34+/m1/s1. The third-order valence-electron chi connectivity index (χ3n) is 12.2. The number of aromatic hydroxyl groups is 1. The molecule has 9 atom stereocenters. The first-order valence-corrected chi connectivity index (χ1v) is 15.6. The zero-order chi connectivity index (χ0) is 26.4. The number of ether oxygens (including phenoxy) is 1. The molecule has 37 heavy (non-hydrogen) atoms. The number of benzene rings is 1. The van der Waals surface area contributed by atoms with Crippen LogP contribution in [0.25, 0.3) is 0 Å². The van der Waals surface area contributed by atoms with E-state index in [1.807, 2.05) is 0 Å². The lowest BCUT2D eigenvalue weighted by molar-refractivity contribution is -0.166. The Bertz CT molecular complexity index is 937. The Kier molecular flexibility index (Phi) is 7.74. The van der Waals surface area contributed by atoms with E-state index in [1.54, 1.807) is 24.3 Å². The van der Waals surface area contributed by atoms with Crippen molar-refractivity contribution in [2.45, 2.75) is 118 Å². The van der Waals surface area contributed by atoms with Crippen molar-refractivity contribution >= 4 is 5.97 Å². The number of hydrogen-bond acceptors (Lipinski definition) is 3. The molecule has 1 aromatic carbocycles. The van der Waals surface area contributed by atoms with Gasteiger partial charge in [0, 0.05) is 5.41 Å². The van der Waals surface area contributed by atoms with Crippen molar-refractivity contribution < 1.29 is 14.6 Å². The number of fused-ring (bicyclic) bond motifs is 5. The predicted octanol–water partition coefficient (Wildman–Crippen LogP) is 9.04. The normalized spacial score (nSPS) is 39.9. The van der Waals surface area contributed by atoms with E-state index in [2.05, 4.69) is 34.6 Å². The molecule has 0 radical (unpaired) electrons. The van der Waals surface area contributed by atoms with Crippen molar-refractivity contribution in [3.05, 3.63) is 29.8 Å². The lowest BCUT2D eigenvalue weighted by Crippen LogP contribution is -2.58. The molecule has 0 aliphatic heterocycles. The first-order valence-electron chi connectivity index (χ1n) is 15.6. The van der Waals surface area contributed by atoms with Crippen molar-refractivity contribution in [3.8, 4) is 5.75 Å². The smallest absolute Gasteiger partial charge is 0.338 e. The highest BCUT2D eigenvalue weighted by Gasteiger charge is 2.62. The van der Waals surface area contributed by atoms with Crippen LogP contribution in [0.2, 0.25) is 0 Å². The molecule has 4 saturated carbocycles. The summed E-state index contributed by atoms with van der Waals surface area (Å²) in [4.78, 5) is 13.2. The van der Waals surface area contributed by atoms with Gasteiger partial charge in [-0.1, -0.05) is 53.9 Å². The van der Waals surface area contributed by atoms with Crippen LogP contribution in [0.4, 0.5) is 0 Å². The van der Waals surface area contributed by atoms with Gasteiger partial charge in [0.15, 0.2) is 0 Å². The molecule has 3 heteroatoms. The number of hydrogen-bond donors (Lipinski definition) is 1. The molecule has 2 unspecified atom stereocenters. The molecule has 0 heterocycles. The average molecular weight is 509 g/mol. The fourth-order valence-corrected chi connectivity index (χ4v) is 10.3. The number of carbonyl (C=O) groups excluding carboxylic acids is 1. The highest BCUT2D eigenvalue weighted by Crippen LogP contribution is 2.68. The van der Waals surface area contributed by atoms with E-state index in [4.69, 9.17) is 4.74 Å². The fourth-order valence-electron chi connectivity index (χ4n) is 10.3. The molecular weight excluding hydrogens is 456 g/mol. The van der Waals surface area contributed by atoms with Crippen LogP contribution in [0.3, 0.4) is 0 Å². The van der Waals surface area contributed by atoms with Gasteiger partial charge in [0.2, 0.25) is 0 Å². The quantitative estimate of drug-likeness (QED) is 0.374. The molecule has 1 aromatic rings. The summed E-state index contributed by atoms with van der Waals surface area (Å²) < 4.78 is 6.38. The summed E-state index contributed by atoms with van der Waals surface area (Å²) in [6.45, 7) is 12.4. The van der Waals surface area contributed by atoms with Gasteiger partial charge in [0.1, 0.15) is 11.9 Å². The van der Waals surface area contributed by atoms with Crippen molar-refractivity contribution in [1.29, 1.82) is 0 Å². The largest absolute Gasteiger partial charge is 0.508 e. The van der Waals surface area contributed by atoms with Crippen LogP contribution in [0, 0.1) is 52.3 Å². The minimum absolute atomic E-state index is 0.0110. The maximum Gasteiger partial charge on any atom is 0.338 e. The van der Waals surface area contributed by atoms with Crippen molar-refractivity contribution in [1.82, 2.24) is 0 Å². The van der Waals surface area contributed by atoms with Crippen molar-refractivity contribution in [2.24, 2.45) is 52.3 Å². The lowest BCUT2D eigenvalue weighted by Gasteiger charge is -2.62. The third-order valence-corrected chi connectivity index (χ3v) is 12.2. The summed E-state index contributed by atoms with van der Waals surface area (Å²) in [7, 11) is 0. The average Bonchev–Trinajstić information content (AvgIpc) is 3.22. The van der Waals surface area contributed by atoms with Crippen LogP contribution in [-0.4, -0.2) is 17.2 Å². The first kappa shape index (κ1) is 27.1. The van der Waals surface area contributed by atoms with E-state index < -0.39 is 0 Å². The van der Waals surface area contributed by atoms with Gasteiger partial charge in [-0.2, -0.15) is 0 Å². The van der Waals surface area contributed by atoms with Crippen LogP contribution >= 0.6 is 0 Å². The molecule has 206 valence electrons. The number of phenols is 1. The monoisotopic (exact) mass is 508 g/mol. The Morgan fingerprint density at radius 3 is 2.43 bits per heavy atom. The Balaban J connectivity index is 1.33. The van der Waals surface area contributed by atoms with Crippen molar-refractivity contribution in [2.75, 3.05) is 0 Å². The molecule has 4 aliphatic rings. The molecule has 0 spiro atoms. The Morgan fingerprint density at radius 2 is 1.70 bits per heavy atom. The number of esters is 1. The summed E-state index contributed by atoms with van der Waals surface area (Å²) in [6.07, 6.45) is 15.8. The van der Waals surface area contributed by atoms with Crippen LogP contribution < -0.4 is 0 Å². The van der Waals surface area contributed by atoms with E-state index in [0.29, 0.717) is 22.8 Å². The Hall–Kier alpha value is -1.51. The number of carbonyl (C=O) groups is 1. The van der Waals surface area contributed by atoms with Gasteiger partial charge >= 0.3 is 5.97 Å². The van der Waals surface area contributed by atoms with E-state index >= 15 is 0 Å². The molecule has 0 bridgehead atoms. The maximum atomic E-state index is 13.2. The second-order valence-corrected chi connectivity index (χ2v) is 14.4. The van der Waals surface area contributed by atoms with E-state index in [1.165, 1.54) is 70.6 Å². The molecule has 3 nitrogen and oxygen atoms in total. The minimum Gasteiger partial charge on any atom is -0.508 e. The third kappa shape index (κ3) is 4.87. The van der Waals surface area contributed by atoms with Gasteiger partial charge < -0.3 is 9.84 Å².